The smallest absolute Gasteiger partial charge is 0.278 e. The van der Waals surface area contributed by atoms with Crippen molar-refractivity contribution in [2.24, 2.45) is 0 Å². The number of fused-ring (bicyclic) bond motifs is 8. The van der Waals surface area contributed by atoms with Crippen LogP contribution in [0.15, 0.2) is 134 Å². The van der Waals surface area contributed by atoms with Crippen molar-refractivity contribution in [3.8, 4) is 0 Å². The third kappa shape index (κ3) is 2.97. The number of aromatic nitrogens is 4. The van der Waals surface area contributed by atoms with Gasteiger partial charge in [-0.1, -0.05) is 78.3 Å². The average molecular weight is 499 g/mol. The molecule has 0 bridgehead atoms. The van der Waals surface area contributed by atoms with Gasteiger partial charge >= 0.3 is 0 Å². The van der Waals surface area contributed by atoms with E-state index in [9.17, 15) is 0 Å². The molecule has 2 aliphatic heterocycles. The van der Waals surface area contributed by atoms with Crippen LogP contribution < -0.4 is 21.5 Å². The summed E-state index contributed by atoms with van der Waals surface area (Å²) in [6, 6.07) is 37.9. The van der Waals surface area contributed by atoms with Crippen LogP contribution in [-0.2, 0) is 5.41 Å². The predicted octanol–water partition coefficient (Wildman–Crippen LogP) is 4.26. The number of rotatable bonds is 2. The van der Waals surface area contributed by atoms with Gasteiger partial charge in [-0.05, 0) is 47.5 Å². The van der Waals surface area contributed by atoms with Crippen molar-refractivity contribution in [3.63, 3.8) is 0 Å². The van der Waals surface area contributed by atoms with Gasteiger partial charge < -0.3 is 0 Å². The van der Waals surface area contributed by atoms with Gasteiger partial charge in [-0.25, -0.2) is 9.97 Å². The number of anilines is 3. The van der Waals surface area contributed by atoms with E-state index in [0.717, 1.165) is 50.8 Å². The Balaban J connectivity index is 1.53. The summed E-state index contributed by atoms with van der Waals surface area (Å²) in [7, 11) is 0. The molecule has 0 saturated heterocycles. The van der Waals surface area contributed by atoms with Crippen molar-refractivity contribution < 1.29 is 0 Å². The van der Waals surface area contributed by atoms with Gasteiger partial charge in [0.25, 0.3) is 6.71 Å². The van der Waals surface area contributed by atoms with E-state index in [0.29, 0.717) is 0 Å². The Labute approximate surface area is 227 Å². The Morgan fingerprint density at radius 1 is 0.462 bits per heavy atom. The Morgan fingerprint density at radius 2 is 0.923 bits per heavy atom. The minimum atomic E-state index is -0.684. The van der Waals surface area contributed by atoms with Crippen molar-refractivity contribution in [2.45, 2.75) is 5.41 Å². The van der Waals surface area contributed by atoms with Crippen molar-refractivity contribution in [2.75, 3.05) is 4.90 Å². The van der Waals surface area contributed by atoms with Crippen molar-refractivity contribution >= 4 is 40.7 Å². The van der Waals surface area contributed by atoms with E-state index in [4.69, 9.17) is 19.9 Å². The Morgan fingerprint density at radius 3 is 1.46 bits per heavy atom. The predicted molar refractivity (Wildman–Crippen MR) is 155 cm³/mol. The number of nitrogens with zero attached hydrogens (tertiary/aromatic N) is 5. The monoisotopic (exact) mass is 499 g/mol. The SMILES string of the molecule is c1ccc(B2c3ncccc3C3(c4cccnc42)c2cccnc2N(c2ccccc2)c2ncccc23)cc1. The molecule has 8 rings (SSSR count). The van der Waals surface area contributed by atoms with Crippen LogP contribution in [0.5, 0.6) is 0 Å². The Hall–Kier alpha value is -5.10. The molecular weight excluding hydrogens is 477 g/mol. The largest absolute Gasteiger partial charge is 0.289 e. The summed E-state index contributed by atoms with van der Waals surface area (Å²) in [4.78, 5) is 22.3. The first kappa shape index (κ1) is 21.9. The maximum absolute atomic E-state index is 5.05. The zero-order valence-electron chi connectivity index (χ0n) is 21.0. The van der Waals surface area contributed by atoms with Crippen LogP contribution in [0.25, 0.3) is 0 Å². The molecule has 2 aliphatic rings. The fraction of sp³-hybridized carbons (Fsp3) is 0.0303. The van der Waals surface area contributed by atoms with Gasteiger partial charge in [0.1, 0.15) is 11.6 Å². The molecule has 6 heterocycles. The van der Waals surface area contributed by atoms with Crippen molar-refractivity contribution in [1.29, 1.82) is 0 Å². The highest BCUT2D eigenvalue weighted by atomic mass is 15.3. The molecule has 39 heavy (non-hydrogen) atoms. The summed E-state index contributed by atoms with van der Waals surface area (Å²) in [6.45, 7) is -0.0865. The number of para-hydroxylation sites is 1. The van der Waals surface area contributed by atoms with Crippen LogP contribution >= 0.6 is 0 Å². The normalized spacial score (nSPS) is 14.3. The van der Waals surface area contributed by atoms with Crippen LogP contribution in [-0.4, -0.2) is 26.6 Å². The number of benzene rings is 2. The fourth-order valence-corrected chi connectivity index (χ4v) is 6.55. The third-order valence-corrected chi connectivity index (χ3v) is 7.98. The molecule has 0 saturated carbocycles. The number of hydrogen-bond acceptors (Lipinski definition) is 5. The Bertz CT molecular complexity index is 1610. The molecule has 0 amide bonds. The lowest BCUT2D eigenvalue weighted by atomic mass is 9.33. The molecule has 2 aromatic carbocycles. The van der Waals surface area contributed by atoms with Crippen LogP contribution in [0.2, 0.25) is 0 Å². The molecule has 0 aliphatic carbocycles. The van der Waals surface area contributed by atoms with Gasteiger partial charge in [-0.15, -0.1) is 0 Å². The second kappa shape index (κ2) is 8.46. The molecular formula is C33H22BN5. The van der Waals surface area contributed by atoms with E-state index in [2.05, 4.69) is 83.8 Å². The lowest BCUT2D eigenvalue weighted by molar-refractivity contribution is 0.716. The van der Waals surface area contributed by atoms with Gasteiger partial charge in [0.2, 0.25) is 0 Å². The summed E-state index contributed by atoms with van der Waals surface area (Å²) >= 11 is 0. The van der Waals surface area contributed by atoms with E-state index in [1.54, 1.807) is 0 Å². The summed E-state index contributed by atoms with van der Waals surface area (Å²) in [5.41, 5.74) is 7.96. The van der Waals surface area contributed by atoms with Gasteiger partial charge in [0, 0.05) is 52.8 Å². The Kier molecular flexibility index (Phi) is 4.76. The topological polar surface area (TPSA) is 54.8 Å². The highest BCUT2D eigenvalue weighted by molar-refractivity contribution is 6.95. The standard InChI is InChI=1S/C33H22BN5/c1-3-11-23(12-4-1)34-29-25(15-7-19-35-29)33(26-16-8-20-36-30(26)34)27-17-9-21-37-31(27)39(24-13-5-2-6-14-24)32-28(33)18-10-22-38-32/h1-22H. The van der Waals surface area contributed by atoms with Gasteiger partial charge in [0.15, 0.2) is 0 Å². The molecule has 182 valence electrons. The number of hydrogen-bond donors (Lipinski definition) is 0. The van der Waals surface area contributed by atoms with Crippen LogP contribution in [0.4, 0.5) is 17.3 Å². The fourth-order valence-electron chi connectivity index (χ4n) is 6.55. The molecule has 4 aromatic heterocycles. The second-order valence-corrected chi connectivity index (χ2v) is 9.89. The maximum atomic E-state index is 5.05. The van der Waals surface area contributed by atoms with E-state index in [1.807, 2.05) is 55.1 Å². The van der Waals surface area contributed by atoms with Gasteiger partial charge in [-0.2, -0.15) is 0 Å². The first-order valence-corrected chi connectivity index (χ1v) is 13.1. The molecule has 0 fully saturated rings. The van der Waals surface area contributed by atoms with Crippen LogP contribution in [0.1, 0.15) is 22.3 Å². The zero-order valence-corrected chi connectivity index (χ0v) is 21.0. The lowest BCUT2D eigenvalue weighted by Gasteiger charge is -2.48. The minimum absolute atomic E-state index is 0.0865. The molecule has 0 unspecified atom stereocenters. The highest BCUT2D eigenvalue weighted by Crippen LogP contribution is 2.56. The van der Waals surface area contributed by atoms with Crippen LogP contribution in [0.3, 0.4) is 0 Å². The zero-order chi connectivity index (χ0) is 25.8. The minimum Gasteiger partial charge on any atom is -0.278 e. The summed E-state index contributed by atoms with van der Waals surface area (Å²) in [6.07, 6.45) is 7.51. The van der Waals surface area contributed by atoms with Gasteiger partial charge in [0.05, 0.1) is 5.41 Å². The first-order valence-electron chi connectivity index (χ1n) is 13.1. The molecule has 0 atom stereocenters. The molecule has 1 spiro atoms. The van der Waals surface area contributed by atoms with Crippen molar-refractivity contribution in [1.82, 2.24) is 19.9 Å². The van der Waals surface area contributed by atoms with Crippen LogP contribution in [0, 0.1) is 0 Å². The third-order valence-electron chi connectivity index (χ3n) is 7.98. The summed E-state index contributed by atoms with van der Waals surface area (Å²) in [5, 5.41) is 0. The second-order valence-electron chi connectivity index (χ2n) is 9.89. The summed E-state index contributed by atoms with van der Waals surface area (Å²) < 4.78 is 0. The number of pyridine rings is 4. The molecule has 0 N–H and O–H groups in total. The quantitative estimate of drug-likeness (QED) is 0.333. The molecule has 0 radical (unpaired) electrons. The molecule has 5 nitrogen and oxygen atoms in total. The lowest BCUT2D eigenvalue weighted by Crippen LogP contribution is -2.64. The summed E-state index contributed by atoms with van der Waals surface area (Å²) in [5.74, 6) is 1.72. The maximum Gasteiger partial charge on any atom is 0.289 e. The van der Waals surface area contributed by atoms with Gasteiger partial charge in [-0.3, -0.25) is 14.9 Å². The first-order chi connectivity index (χ1) is 19.4. The highest BCUT2D eigenvalue weighted by Gasteiger charge is 2.54. The molecule has 6 heteroatoms. The van der Waals surface area contributed by atoms with E-state index in [-0.39, 0.29) is 6.71 Å². The van der Waals surface area contributed by atoms with E-state index in [1.165, 1.54) is 5.46 Å². The van der Waals surface area contributed by atoms with Crippen molar-refractivity contribution in [3.05, 3.63) is 156 Å². The van der Waals surface area contributed by atoms with E-state index < -0.39 is 5.41 Å². The average Bonchev–Trinajstić information content (AvgIpc) is 3.02. The van der Waals surface area contributed by atoms with E-state index >= 15 is 0 Å². The molecule has 6 aromatic rings.